The molecule has 19 heavy (non-hydrogen) atoms. The molecule has 0 atom stereocenters. The SMILES string of the molecule is CCCNc1nc(CSCCC)nc2sc(C)cc12. The first-order chi connectivity index (χ1) is 9.24. The second-order valence-corrected chi connectivity index (χ2v) is 6.88. The van der Waals surface area contributed by atoms with Gasteiger partial charge in [-0.25, -0.2) is 9.97 Å². The second kappa shape index (κ2) is 7.10. The highest BCUT2D eigenvalue weighted by Gasteiger charge is 2.10. The molecule has 0 aliphatic rings. The molecule has 0 amide bonds. The van der Waals surface area contributed by atoms with Gasteiger partial charge in [0.15, 0.2) is 0 Å². The van der Waals surface area contributed by atoms with Crippen molar-refractivity contribution in [2.45, 2.75) is 39.4 Å². The molecule has 0 aromatic carbocycles. The van der Waals surface area contributed by atoms with E-state index in [1.807, 2.05) is 11.8 Å². The van der Waals surface area contributed by atoms with Crippen LogP contribution in [0.2, 0.25) is 0 Å². The van der Waals surface area contributed by atoms with E-state index in [1.54, 1.807) is 11.3 Å². The minimum atomic E-state index is 0.904. The molecule has 5 heteroatoms. The maximum atomic E-state index is 4.69. The van der Waals surface area contributed by atoms with E-state index in [-0.39, 0.29) is 0 Å². The summed E-state index contributed by atoms with van der Waals surface area (Å²) in [5, 5.41) is 4.59. The van der Waals surface area contributed by atoms with Crippen LogP contribution in [0.4, 0.5) is 5.82 Å². The van der Waals surface area contributed by atoms with Gasteiger partial charge in [-0.2, -0.15) is 11.8 Å². The third-order valence-corrected chi connectivity index (χ3v) is 4.79. The van der Waals surface area contributed by atoms with E-state index in [1.165, 1.54) is 22.4 Å². The molecule has 0 aliphatic heterocycles. The maximum absolute atomic E-state index is 4.69. The van der Waals surface area contributed by atoms with Gasteiger partial charge in [-0.3, -0.25) is 0 Å². The molecule has 2 rings (SSSR count). The summed E-state index contributed by atoms with van der Waals surface area (Å²) >= 11 is 3.66. The van der Waals surface area contributed by atoms with Crippen LogP contribution in [0.5, 0.6) is 0 Å². The number of nitrogens with one attached hydrogen (secondary N) is 1. The summed E-state index contributed by atoms with van der Waals surface area (Å²) in [5.74, 6) is 4.03. The molecule has 0 saturated heterocycles. The highest BCUT2D eigenvalue weighted by atomic mass is 32.2. The van der Waals surface area contributed by atoms with E-state index in [2.05, 4.69) is 42.1 Å². The van der Waals surface area contributed by atoms with Crippen molar-refractivity contribution in [3.63, 3.8) is 0 Å². The molecule has 0 radical (unpaired) electrons. The predicted octanol–water partition coefficient (Wildman–Crippen LogP) is 4.46. The molecule has 0 bridgehead atoms. The van der Waals surface area contributed by atoms with Crippen LogP contribution < -0.4 is 5.32 Å². The Morgan fingerprint density at radius 2 is 2.11 bits per heavy atom. The molecule has 104 valence electrons. The van der Waals surface area contributed by atoms with Crippen LogP contribution in [0.25, 0.3) is 10.2 Å². The van der Waals surface area contributed by atoms with Crippen molar-refractivity contribution in [2.24, 2.45) is 0 Å². The lowest BCUT2D eigenvalue weighted by atomic mass is 10.3. The first-order valence-corrected chi connectivity index (χ1v) is 8.80. The van der Waals surface area contributed by atoms with Gasteiger partial charge in [-0.05, 0) is 31.6 Å². The van der Waals surface area contributed by atoms with E-state index < -0.39 is 0 Å². The lowest BCUT2D eigenvalue weighted by Crippen LogP contribution is -2.05. The van der Waals surface area contributed by atoms with Crippen LogP contribution in [0.1, 0.15) is 37.4 Å². The number of fused-ring (bicyclic) bond motifs is 1. The predicted molar refractivity (Wildman–Crippen MR) is 87.4 cm³/mol. The number of thioether (sulfide) groups is 1. The number of rotatable bonds is 7. The average Bonchev–Trinajstić information content (AvgIpc) is 2.76. The maximum Gasteiger partial charge on any atom is 0.142 e. The Kier molecular flexibility index (Phi) is 5.45. The van der Waals surface area contributed by atoms with Crippen molar-refractivity contribution >= 4 is 39.1 Å². The lowest BCUT2D eigenvalue weighted by Gasteiger charge is -2.07. The molecule has 0 fully saturated rings. The summed E-state index contributed by atoms with van der Waals surface area (Å²) in [4.78, 5) is 11.8. The van der Waals surface area contributed by atoms with Crippen molar-refractivity contribution < 1.29 is 0 Å². The molecule has 3 nitrogen and oxygen atoms in total. The highest BCUT2D eigenvalue weighted by molar-refractivity contribution is 7.98. The summed E-state index contributed by atoms with van der Waals surface area (Å²) in [6, 6.07) is 2.18. The fourth-order valence-electron chi connectivity index (χ4n) is 1.84. The topological polar surface area (TPSA) is 37.8 Å². The van der Waals surface area contributed by atoms with Gasteiger partial charge in [-0.1, -0.05) is 13.8 Å². The summed E-state index contributed by atoms with van der Waals surface area (Å²) in [6.45, 7) is 7.46. The molecule has 0 aliphatic carbocycles. The molecule has 2 heterocycles. The van der Waals surface area contributed by atoms with Crippen LogP contribution in [0.3, 0.4) is 0 Å². The van der Waals surface area contributed by atoms with Crippen molar-refractivity contribution in [3.05, 3.63) is 16.8 Å². The zero-order valence-corrected chi connectivity index (χ0v) is 13.5. The van der Waals surface area contributed by atoms with Crippen molar-refractivity contribution in [2.75, 3.05) is 17.6 Å². The molecule has 0 unspecified atom stereocenters. The number of aromatic nitrogens is 2. The Labute approximate surface area is 123 Å². The average molecular weight is 295 g/mol. The first kappa shape index (κ1) is 14.6. The van der Waals surface area contributed by atoms with Gasteiger partial charge < -0.3 is 5.32 Å². The number of nitrogens with zero attached hydrogens (tertiary/aromatic N) is 2. The summed E-state index contributed by atoms with van der Waals surface area (Å²) in [7, 11) is 0. The largest absolute Gasteiger partial charge is 0.369 e. The van der Waals surface area contributed by atoms with Crippen molar-refractivity contribution in [1.82, 2.24) is 9.97 Å². The molecular weight excluding hydrogens is 274 g/mol. The number of hydrogen-bond donors (Lipinski definition) is 1. The fraction of sp³-hybridized carbons (Fsp3) is 0.571. The second-order valence-electron chi connectivity index (χ2n) is 4.54. The third kappa shape index (κ3) is 3.83. The van der Waals surface area contributed by atoms with Crippen molar-refractivity contribution in [1.29, 1.82) is 0 Å². The van der Waals surface area contributed by atoms with Crippen LogP contribution in [0, 0.1) is 6.92 Å². The Morgan fingerprint density at radius 3 is 2.84 bits per heavy atom. The van der Waals surface area contributed by atoms with Gasteiger partial charge in [0.25, 0.3) is 0 Å². The number of thiophene rings is 1. The van der Waals surface area contributed by atoms with Gasteiger partial charge in [-0.15, -0.1) is 11.3 Å². The van der Waals surface area contributed by atoms with E-state index >= 15 is 0 Å². The molecule has 2 aromatic rings. The normalized spacial score (nSPS) is 11.1. The van der Waals surface area contributed by atoms with E-state index in [4.69, 9.17) is 0 Å². The Bertz CT molecular complexity index is 537. The minimum absolute atomic E-state index is 0.904. The Balaban J connectivity index is 2.27. The molecule has 1 N–H and O–H groups in total. The van der Waals surface area contributed by atoms with E-state index in [0.29, 0.717) is 0 Å². The van der Waals surface area contributed by atoms with Crippen LogP contribution >= 0.6 is 23.1 Å². The lowest BCUT2D eigenvalue weighted by molar-refractivity contribution is 0.961. The third-order valence-electron chi connectivity index (χ3n) is 2.68. The fourth-order valence-corrected chi connectivity index (χ4v) is 3.48. The molecule has 0 saturated carbocycles. The minimum Gasteiger partial charge on any atom is -0.369 e. The van der Waals surface area contributed by atoms with Crippen LogP contribution in [-0.4, -0.2) is 22.3 Å². The zero-order chi connectivity index (χ0) is 13.7. The summed E-state index contributed by atoms with van der Waals surface area (Å²) in [6.07, 6.45) is 2.31. The van der Waals surface area contributed by atoms with E-state index in [0.717, 1.165) is 35.2 Å². The van der Waals surface area contributed by atoms with Crippen molar-refractivity contribution in [3.8, 4) is 0 Å². The number of anilines is 1. The zero-order valence-electron chi connectivity index (χ0n) is 11.8. The summed E-state index contributed by atoms with van der Waals surface area (Å²) < 4.78 is 0. The van der Waals surface area contributed by atoms with Gasteiger partial charge >= 0.3 is 0 Å². The number of aryl methyl sites for hydroxylation is 1. The van der Waals surface area contributed by atoms with Gasteiger partial charge in [0.2, 0.25) is 0 Å². The summed E-state index contributed by atoms with van der Waals surface area (Å²) in [5.41, 5.74) is 0. The first-order valence-electron chi connectivity index (χ1n) is 6.83. The van der Waals surface area contributed by atoms with Gasteiger partial charge in [0.1, 0.15) is 16.5 Å². The van der Waals surface area contributed by atoms with Crippen LogP contribution in [-0.2, 0) is 5.75 Å². The highest BCUT2D eigenvalue weighted by Crippen LogP contribution is 2.29. The Morgan fingerprint density at radius 1 is 1.26 bits per heavy atom. The van der Waals surface area contributed by atoms with Crippen LogP contribution in [0.15, 0.2) is 6.07 Å². The van der Waals surface area contributed by atoms with Gasteiger partial charge in [0.05, 0.1) is 11.1 Å². The Hall–Kier alpha value is -0.810. The smallest absolute Gasteiger partial charge is 0.142 e. The van der Waals surface area contributed by atoms with Gasteiger partial charge in [0, 0.05) is 11.4 Å². The van der Waals surface area contributed by atoms with E-state index in [9.17, 15) is 0 Å². The molecule has 2 aromatic heterocycles. The monoisotopic (exact) mass is 295 g/mol. The standard InChI is InChI=1S/C14H21N3S2/c1-4-6-15-13-11-8-10(3)19-14(11)17-12(16-13)9-18-7-5-2/h8H,4-7,9H2,1-3H3,(H,15,16,17). The number of hydrogen-bond acceptors (Lipinski definition) is 5. The quantitative estimate of drug-likeness (QED) is 0.765. The molecular formula is C14H21N3S2. The molecule has 0 spiro atoms.